The molecule has 2 heterocycles. The quantitative estimate of drug-likeness (QED) is 0.839. The van der Waals surface area contributed by atoms with Crippen molar-refractivity contribution >= 4 is 43.9 Å². The second-order valence-electron chi connectivity index (χ2n) is 3.83. The van der Waals surface area contributed by atoms with Crippen molar-refractivity contribution in [2.45, 2.75) is 11.8 Å². The van der Waals surface area contributed by atoms with Gasteiger partial charge in [-0.25, -0.2) is 18.2 Å². The smallest absolute Gasteiger partial charge is 0.346 e. The molecule has 0 aliphatic rings. The second-order valence-corrected chi connectivity index (χ2v) is 6.89. The number of aryl methyl sites for hydroxylation is 1. The highest BCUT2D eigenvalue weighted by atomic mass is 35.5. The molecule has 2 rings (SSSR count). The lowest BCUT2D eigenvalue weighted by molar-refractivity contribution is 0.0701. The second kappa shape index (κ2) is 5.39. The lowest BCUT2D eigenvalue weighted by Crippen LogP contribution is -2.12. The number of thiophene rings is 1. The maximum Gasteiger partial charge on any atom is 0.346 e. The number of carboxylic acids is 1. The fourth-order valence-electron chi connectivity index (χ4n) is 1.50. The van der Waals surface area contributed by atoms with Crippen LogP contribution in [0, 0.1) is 6.92 Å². The molecule has 2 aromatic rings. The van der Waals surface area contributed by atoms with E-state index in [9.17, 15) is 13.2 Å². The van der Waals surface area contributed by atoms with Crippen LogP contribution in [0.3, 0.4) is 0 Å². The van der Waals surface area contributed by atoms with Gasteiger partial charge in [-0.1, -0.05) is 11.6 Å². The first kappa shape index (κ1) is 14.8. The summed E-state index contributed by atoms with van der Waals surface area (Å²) in [4.78, 5) is 14.5. The van der Waals surface area contributed by atoms with E-state index in [1.165, 1.54) is 24.4 Å². The van der Waals surface area contributed by atoms with Crippen molar-refractivity contribution in [1.29, 1.82) is 0 Å². The molecule has 2 aromatic heterocycles. The molecule has 0 atom stereocenters. The van der Waals surface area contributed by atoms with Crippen molar-refractivity contribution < 1.29 is 18.3 Å². The average Bonchev–Trinajstić information content (AvgIpc) is 2.69. The van der Waals surface area contributed by atoms with Crippen LogP contribution >= 0.6 is 22.9 Å². The van der Waals surface area contributed by atoms with Crippen LogP contribution in [0.15, 0.2) is 29.3 Å². The summed E-state index contributed by atoms with van der Waals surface area (Å²) in [6, 6.07) is 4.22. The molecule has 20 heavy (non-hydrogen) atoms. The molecule has 0 saturated heterocycles. The Labute approximate surface area is 124 Å². The van der Waals surface area contributed by atoms with Crippen LogP contribution in [-0.2, 0) is 10.0 Å². The Morgan fingerprint density at radius 2 is 2.20 bits per heavy atom. The van der Waals surface area contributed by atoms with Gasteiger partial charge in [0.15, 0.2) is 0 Å². The number of halogens is 1. The van der Waals surface area contributed by atoms with E-state index in [2.05, 4.69) is 9.71 Å². The number of pyridine rings is 1. The van der Waals surface area contributed by atoms with Crippen LogP contribution in [0.2, 0.25) is 5.15 Å². The van der Waals surface area contributed by atoms with Crippen LogP contribution in [0.4, 0.5) is 5.00 Å². The third kappa shape index (κ3) is 2.92. The van der Waals surface area contributed by atoms with Crippen molar-refractivity contribution in [2.24, 2.45) is 0 Å². The summed E-state index contributed by atoms with van der Waals surface area (Å²) in [5.74, 6) is -1.10. The SMILES string of the molecule is Cc1cc(NS(=O)(=O)c2cccnc2Cl)sc1C(=O)O. The number of aromatic carboxylic acids is 1. The van der Waals surface area contributed by atoms with Crippen LogP contribution in [0.1, 0.15) is 15.2 Å². The van der Waals surface area contributed by atoms with Crippen molar-refractivity contribution in [3.05, 3.63) is 40.0 Å². The van der Waals surface area contributed by atoms with Gasteiger partial charge in [0.25, 0.3) is 10.0 Å². The minimum Gasteiger partial charge on any atom is -0.477 e. The van der Waals surface area contributed by atoms with E-state index in [4.69, 9.17) is 16.7 Å². The molecular formula is C11H9ClN2O4S2. The number of nitrogens with one attached hydrogen (secondary N) is 1. The third-order valence-corrected chi connectivity index (χ3v) is 5.44. The molecule has 106 valence electrons. The number of nitrogens with zero attached hydrogens (tertiary/aromatic N) is 1. The van der Waals surface area contributed by atoms with Crippen LogP contribution < -0.4 is 4.72 Å². The Kier molecular flexibility index (Phi) is 3.98. The largest absolute Gasteiger partial charge is 0.477 e. The predicted molar refractivity (Wildman–Crippen MR) is 76.1 cm³/mol. The molecule has 6 nitrogen and oxygen atoms in total. The van der Waals surface area contributed by atoms with Gasteiger partial charge in [0.05, 0.1) is 0 Å². The summed E-state index contributed by atoms with van der Waals surface area (Å²) < 4.78 is 26.6. The third-order valence-electron chi connectivity index (χ3n) is 2.36. The molecule has 0 saturated carbocycles. The zero-order chi connectivity index (χ0) is 14.9. The fourth-order valence-corrected chi connectivity index (χ4v) is 4.15. The lowest BCUT2D eigenvalue weighted by Gasteiger charge is -2.06. The number of anilines is 1. The minimum atomic E-state index is -3.90. The zero-order valence-corrected chi connectivity index (χ0v) is 12.5. The first-order chi connectivity index (χ1) is 9.31. The number of rotatable bonds is 4. The Balaban J connectivity index is 2.37. The summed E-state index contributed by atoms with van der Waals surface area (Å²) in [5, 5.41) is 9.00. The van der Waals surface area contributed by atoms with Crippen molar-refractivity contribution in [3.63, 3.8) is 0 Å². The van der Waals surface area contributed by atoms with E-state index in [-0.39, 0.29) is 19.9 Å². The Bertz CT molecular complexity index is 770. The van der Waals surface area contributed by atoms with Gasteiger partial charge in [-0.3, -0.25) is 4.72 Å². The number of aromatic nitrogens is 1. The Hall–Kier alpha value is -1.64. The van der Waals surface area contributed by atoms with Crippen molar-refractivity contribution in [2.75, 3.05) is 4.72 Å². The highest BCUT2D eigenvalue weighted by Crippen LogP contribution is 2.29. The van der Waals surface area contributed by atoms with E-state index >= 15 is 0 Å². The van der Waals surface area contributed by atoms with Gasteiger partial charge in [0, 0.05) is 6.20 Å². The molecule has 0 radical (unpaired) electrons. The molecule has 0 bridgehead atoms. The van der Waals surface area contributed by atoms with Crippen molar-refractivity contribution in [3.8, 4) is 0 Å². The molecule has 2 N–H and O–H groups in total. The van der Waals surface area contributed by atoms with Crippen LogP contribution in [0.5, 0.6) is 0 Å². The fraction of sp³-hybridized carbons (Fsp3) is 0.0909. The molecule has 9 heteroatoms. The van der Waals surface area contributed by atoms with Crippen molar-refractivity contribution in [1.82, 2.24) is 4.98 Å². The number of carboxylic acid groups (broad SMARTS) is 1. The number of sulfonamides is 1. The standard InChI is InChI=1S/C11H9ClN2O4S2/c1-6-5-8(19-9(6)11(15)16)14-20(17,18)7-3-2-4-13-10(7)12/h2-5,14H,1H3,(H,15,16). The van der Waals surface area contributed by atoms with Gasteiger partial charge in [-0.2, -0.15) is 0 Å². The van der Waals surface area contributed by atoms with Gasteiger partial charge < -0.3 is 5.11 Å². The normalized spacial score (nSPS) is 11.3. The van der Waals surface area contributed by atoms with E-state index in [0.29, 0.717) is 5.56 Å². The first-order valence-electron chi connectivity index (χ1n) is 5.28. The van der Waals surface area contributed by atoms with Gasteiger partial charge in [-0.15, -0.1) is 11.3 Å². The maximum absolute atomic E-state index is 12.1. The molecule has 0 fully saturated rings. The molecule has 0 aromatic carbocycles. The van der Waals surface area contributed by atoms with Gasteiger partial charge in [0.2, 0.25) is 0 Å². The lowest BCUT2D eigenvalue weighted by atomic mass is 10.3. The predicted octanol–water partition coefficient (Wildman–Crippen LogP) is 2.60. The number of hydrogen-bond donors (Lipinski definition) is 2. The van der Waals surface area contributed by atoms with E-state index in [0.717, 1.165) is 11.3 Å². The molecule has 0 amide bonds. The number of hydrogen-bond acceptors (Lipinski definition) is 5. The van der Waals surface area contributed by atoms with E-state index in [1.807, 2.05) is 0 Å². The molecule has 0 aliphatic heterocycles. The zero-order valence-electron chi connectivity index (χ0n) is 10.1. The molecule has 0 spiro atoms. The maximum atomic E-state index is 12.1. The summed E-state index contributed by atoms with van der Waals surface area (Å²) in [6.45, 7) is 1.59. The highest BCUT2D eigenvalue weighted by Gasteiger charge is 2.21. The number of carbonyl (C=O) groups is 1. The van der Waals surface area contributed by atoms with E-state index in [1.54, 1.807) is 6.92 Å². The summed E-state index contributed by atoms with van der Waals surface area (Å²) in [7, 11) is -3.90. The summed E-state index contributed by atoms with van der Waals surface area (Å²) in [5.41, 5.74) is 0.484. The molecule has 0 aliphatic carbocycles. The highest BCUT2D eigenvalue weighted by molar-refractivity contribution is 7.93. The summed E-state index contributed by atoms with van der Waals surface area (Å²) >= 11 is 6.58. The summed E-state index contributed by atoms with van der Waals surface area (Å²) in [6.07, 6.45) is 1.37. The minimum absolute atomic E-state index is 0.0833. The van der Waals surface area contributed by atoms with Crippen LogP contribution in [0.25, 0.3) is 0 Å². The van der Waals surface area contributed by atoms with Gasteiger partial charge in [-0.05, 0) is 30.7 Å². The Morgan fingerprint density at radius 3 is 2.75 bits per heavy atom. The van der Waals surface area contributed by atoms with Gasteiger partial charge >= 0.3 is 5.97 Å². The monoisotopic (exact) mass is 332 g/mol. The van der Waals surface area contributed by atoms with Gasteiger partial charge in [0.1, 0.15) is 19.9 Å². The molecular weight excluding hydrogens is 324 g/mol. The average molecular weight is 333 g/mol. The first-order valence-corrected chi connectivity index (χ1v) is 7.96. The Morgan fingerprint density at radius 1 is 1.50 bits per heavy atom. The van der Waals surface area contributed by atoms with Crippen LogP contribution in [-0.4, -0.2) is 24.5 Å². The van der Waals surface area contributed by atoms with E-state index < -0.39 is 16.0 Å². The molecule has 0 unspecified atom stereocenters. The topological polar surface area (TPSA) is 96.4 Å².